The van der Waals surface area contributed by atoms with Crippen molar-refractivity contribution in [3.8, 4) is 11.5 Å². The topological polar surface area (TPSA) is 30.5 Å². The quantitative estimate of drug-likeness (QED) is 0.432. The molecule has 0 aliphatic rings. The zero-order valence-corrected chi connectivity index (χ0v) is 18.3. The molecule has 0 fully saturated rings. The Morgan fingerprint density at radius 2 is 1.57 bits per heavy atom. The summed E-state index contributed by atoms with van der Waals surface area (Å²) < 4.78 is 24.4. The molecular weight excluding hydrogens is 401 g/mol. The van der Waals surface area contributed by atoms with Crippen LogP contribution in [0, 0.1) is 5.82 Å². The number of ether oxygens (including phenoxy) is 2. The van der Waals surface area contributed by atoms with Crippen molar-refractivity contribution < 1.29 is 13.9 Å². The van der Waals surface area contributed by atoms with Gasteiger partial charge in [-0.2, -0.15) is 0 Å². The van der Waals surface area contributed by atoms with Crippen LogP contribution in [0.25, 0.3) is 0 Å². The van der Waals surface area contributed by atoms with Crippen LogP contribution in [0.4, 0.5) is 4.39 Å². The molecule has 30 heavy (non-hydrogen) atoms. The van der Waals surface area contributed by atoms with E-state index in [9.17, 15) is 4.39 Å². The minimum atomic E-state index is -0.249. The van der Waals surface area contributed by atoms with Crippen molar-refractivity contribution in [2.75, 3.05) is 7.11 Å². The molecule has 0 aliphatic heterocycles. The lowest BCUT2D eigenvalue weighted by Gasteiger charge is -2.16. The van der Waals surface area contributed by atoms with E-state index in [0.717, 1.165) is 30.5 Å². The van der Waals surface area contributed by atoms with Gasteiger partial charge in [-0.1, -0.05) is 48.5 Å². The van der Waals surface area contributed by atoms with Crippen LogP contribution in [0.2, 0.25) is 0 Å². The summed E-state index contributed by atoms with van der Waals surface area (Å²) in [7, 11) is 1.64. The summed E-state index contributed by atoms with van der Waals surface area (Å²) in [6.45, 7) is 3.34. The van der Waals surface area contributed by atoms with Crippen molar-refractivity contribution in [3.05, 3.63) is 95.3 Å². The maximum atomic E-state index is 13.0. The van der Waals surface area contributed by atoms with Gasteiger partial charge in [-0.3, -0.25) is 0 Å². The van der Waals surface area contributed by atoms with Crippen LogP contribution in [0.1, 0.15) is 30.0 Å². The lowest BCUT2D eigenvalue weighted by molar-refractivity contribution is 0.284. The molecular formula is C25H29ClFNO2. The Kier molecular flexibility index (Phi) is 9.65. The molecule has 0 saturated heterocycles. The Morgan fingerprint density at radius 1 is 0.867 bits per heavy atom. The van der Waals surface area contributed by atoms with Crippen LogP contribution in [0.5, 0.6) is 11.5 Å². The van der Waals surface area contributed by atoms with Gasteiger partial charge in [0.2, 0.25) is 0 Å². The summed E-state index contributed by atoms with van der Waals surface area (Å²) in [5, 5.41) is 3.57. The van der Waals surface area contributed by atoms with Crippen LogP contribution in [0.3, 0.4) is 0 Å². The molecule has 0 aliphatic carbocycles. The van der Waals surface area contributed by atoms with E-state index in [1.807, 2.05) is 24.3 Å². The Labute approximate surface area is 184 Å². The SMILES string of the molecule is COc1cc(CNC(C)CCc2ccccc2)ccc1OCc1ccc(F)cc1.Cl. The average molecular weight is 430 g/mol. The third-order valence-electron chi connectivity index (χ3n) is 4.90. The molecule has 160 valence electrons. The standard InChI is InChI=1S/C25H28FNO2.ClH/c1-19(8-9-20-6-4-3-5-7-20)27-17-22-12-15-24(25(16-22)28-2)29-18-21-10-13-23(26)14-11-21;/h3-7,10-16,19,27H,8-9,17-18H2,1-2H3;1H. The molecule has 0 heterocycles. The van der Waals surface area contributed by atoms with Crippen LogP contribution in [0.15, 0.2) is 72.8 Å². The summed E-state index contributed by atoms with van der Waals surface area (Å²) >= 11 is 0. The van der Waals surface area contributed by atoms with Crippen molar-refractivity contribution in [3.63, 3.8) is 0 Å². The number of hydrogen-bond acceptors (Lipinski definition) is 3. The third-order valence-corrected chi connectivity index (χ3v) is 4.90. The lowest BCUT2D eigenvalue weighted by Crippen LogP contribution is -2.26. The highest BCUT2D eigenvalue weighted by atomic mass is 35.5. The normalized spacial score (nSPS) is 11.4. The highest BCUT2D eigenvalue weighted by Gasteiger charge is 2.08. The molecule has 1 atom stereocenters. The number of hydrogen-bond donors (Lipinski definition) is 1. The monoisotopic (exact) mass is 429 g/mol. The summed E-state index contributed by atoms with van der Waals surface area (Å²) in [5.41, 5.74) is 3.42. The molecule has 0 spiro atoms. The Hall–Kier alpha value is -2.56. The highest BCUT2D eigenvalue weighted by molar-refractivity contribution is 5.85. The predicted molar refractivity (Wildman–Crippen MR) is 122 cm³/mol. The van der Waals surface area contributed by atoms with Gasteiger partial charge < -0.3 is 14.8 Å². The van der Waals surface area contributed by atoms with Gasteiger partial charge in [0.05, 0.1) is 7.11 Å². The maximum Gasteiger partial charge on any atom is 0.161 e. The van der Waals surface area contributed by atoms with E-state index in [1.54, 1.807) is 19.2 Å². The largest absolute Gasteiger partial charge is 0.493 e. The van der Waals surface area contributed by atoms with Crippen molar-refractivity contribution in [1.82, 2.24) is 5.32 Å². The second kappa shape index (κ2) is 12.2. The van der Waals surface area contributed by atoms with E-state index in [-0.39, 0.29) is 18.2 Å². The first-order chi connectivity index (χ1) is 14.1. The molecule has 0 aromatic heterocycles. The number of halogens is 2. The summed E-state index contributed by atoms with van der Waals surface area (Å²) in [6, 6.07) is 23.2. The van der Waals surface area contributed by atoms with E-state index in [2.05, 4.69) is 36.5 Å². The predicted octanol–water partition coefficient (Wildman–Crippen LogP) is 5.95. The lowest BCUT2D eigenvalue weighted by atomic mass is 10.1. The molecule has 0 amide bonds. The third kappa shape index (κ3) is 7.36. The molecule has 1 N–H and O–H groups in total. The van der Waals surface area contributed by atoms with Gasteiger partial charge in [-0.25, -0.2) is 4.39 Å². The number of rotatable bonds is 10. The average Bonchev–Trinajstić information content (AvgIpc) is 2.76. The first-order valence-electron chi connectivity index (χ1n) is 9.95. The van der Waals surface area contributed by atoms with E-state index in [4.69, 9.17) is 9.47 Å². The van der Waals surface area contributed by atoms with E-state index in [1.165, 1.54) is 17.7 Å². The molecule has 3 aromatic rings. The Balaban J connectivity index is 0.00000320. The molecule has 0 saturated carbocycles. The second-order valence-electron chi connectivity index (χ2n) is 7.21. The summed E-state index contributed by atoms with van der Waals surface area (Å²) in [5.74, 6) is 1.13. The molecule has 0 radical (unpaired) electrons. The van der Waals surface area contributed by atoms with Gasteiger partial charge in [-0.05, 0) is 60.7 Å². The van der Waals surface area contributed by atoms with Crippen molar-refractivity contribution in [2.24, 2.45) is 0 Å². The van der Waals surface area contributed by atoms with Gasteiger partial charge in [0.25, 0.3) is 0 Å². The molecule has 1 unspecified atom stereocenters. The maximum absolute atomic E-state index is 13.0. The van der Waals surface area contributed by atoms with E-state index in [0.29, 0.717) is 24.1 Å². The van der Waals surface area contributed by atoms with Crippen molar-refractivity contribution in [1.29, 1.82) is 0 Å². The minimum absolute atomic E-state index is 0. The molecule has 3 nitrogen and oxygen atoms in total. The minimum Gasteiger partial charge on any atom is -0.493 e. The van der Waals surface area contributed by atoms with Gasteiger partial charge in [0, 0.05) is 12.6 Å². The first-order valence-corrected chi connectivity index (χ1v) is 9.95. The zero-order valence-electron chi connectivity index (χ0n) is 17.4. The first kappa shape index (κ1) is 23.7. The number of nitrogens with one attached hydrogen (secondary N) is 1. The zero-order chi connectivity index (χ0) is 20.5. The van der Waals surface area contributed by atoms with Gasteiger partial charge in [0.15, 0.2) is 11.5 Å². The molecule has 3 aromatic carbocycles. The smallest absolute Gasteiger partial charge is 0.161 e. The Bertz CT molecular complexity index is 887. The van der Waals surface area contributed by atoms with Crippen LogP contribution >= 0.6 is 12.4 Å². The summed E-state index contributed by atoms with van der Waals surface area (Å²) in [6.07, 6.45) is 2.15. The fourth-order valence-electron chi connectivity index (χ4n) is 3.10. The van der Waals surface area contributed by atoms with Gasteiger partial charge >= 0.3 is 0 Å². The highest BCUT2D eigenvalue weighted by Crippen LogP contribution is 2.29. The number of aryl methyl sites for hydroxylation is 1. The van der Waals surface area contributed by atoms with E-state index >= 15 is 0 Å². The van der Waals surface area contributed by atoms with Crippen LogP contribution in [-0.4, -0.2) is 13.2 Å². The molecule has 0 bridgehead atoms. The van der Waals surface area contributed by atoms with E-state index < -0.39 is 0 Å². The summed E-state index contributed by atoms with van der Waals surface area (Å²) in [4.78, 5) is 0. The van der Waals surface area contributed by atoms with Crippen LogP contribution in [-0.2, 0) is 19.6 Å². The number of methoxy groups -OCH3 is 1. The fraction of sp³-hybridized carbons (Fsp3) is 0.280. The molecule has 3 rings (SSSR count). The molecule has 5 heteroatoms. The van der Waals surface area contributed by atoms with Gasteiger partial charge in [0.1, 0.15) is 12.4 Å². The second-order valence-corrected chi connectivity index (χ2v) is 7.21. The number of benzene rings is 3. The Morgan fingerprint density at radius 3 is 2.27 bits per heavy atom. The van der Waals surface area contributed by atoms with Gasteiger partial charge in [-0.15, -0.1) is 12.4 Å². The van der Waals surface area contributed by atoms with Crippen LogP contribution < -0.4 is 14.8 Å². The fourth-order valence-corrected chi connectivity index (χ4v) is 3.10. The van der Waals surface area contributed by atoms with Crippen molar-refractivity contribution >= 4 is 12.4 Å². The van der Waals surface area contributed by atoms with Crippen molar-refractivity contribution in [2.45, 2.75) is 39.0 Å².